The molecule has 2 unspecified atom stereocenters. The van der Waals surface area contributed by atoms with Crippen molar-refractivity contribution < 1.29 is 14.2 Å². The highest BCUT2D eigenvalue weighted by molar-refractivity contribution is 9.10. The standard InChI is InChI=1S/C14H17BrClFO2/c15-11-6-5-10(14(17)13(11)16)12(18)7-4-9-3-1-2-8-19-9/h5-6,9,12,18H,1-4,7-8H2. The van der Waals surface area contributed by atoms with E-state index >= 15 is 0 Å². The Bertz CT molecular complexity index is 436. The summed E-state index contributed by atoms with van der Waals surface area (Å²) in [5.74, 6) is -0.548. The molecule has 1 heterocycles. The lowest BCUT2D eigenvalue weighted by Gasteiger charge is -2.23. The van der Waals surface area contributed by atoms with Crippen molar-refractivity contribution in [2.45, 2.75) is 44.3 Å². The number of ether oxygens (including phenoxy) is 1. The van der Waals surface area contributed by atoms with Gasteiger partial charge in [0.1, 0.15) is 5.82 Å². The molecule has 0 aliphatic carbocycles. The van der Waals surface area contributed by atoms with E-state index in [0.29, 0.717) is 10.9 Å². The zero-order valence-electron chi connectivity index (χ0n) is 10.5. The Morgan fingerprint density at radius 1 is 1.47 bits per heavy atom. The fraction of sp³-hybridized carbons (Fsp3) is 0.571. The van der Waals surface area contributed by atoms with Crippen LogP contribution in [0.3, 0.4) is 0 Å². The van der Waals surface area contributed by atoms with Crippen LogP contribution in [0.15, 0.2) is 16.6 Å². The van der Waals surface area contributed by atoms with E-state index in [-0.39, 0.29) is 16.7 Å². The van der Waals surface area contributed by atoms with E-state index in [1.165, 1.54) is 6.42 Å². The molecule has 1 saturated heterocycles. The van der Waals surface area contributed by atoms with Crippen molar-refractivity contribution in [3.05, 3.63) is 33.0 Å². The molecular formula is C14H17BrClFO2. The summed E-state index contributed by atoms with van der Waals surface area (Å²) in [5.41, 5.74) is 0.254. The first-order valence-electron chi connectivity index (χ1n) is 6.52. The molecular weight excluding hydrogens is 335 g/mol. The minimum Gasteiger partial charge on any atom is -0.388 e. The summed E-state index contributed by atoms with van der Waals surface area (Å²) in [6.07, 6.45) is 3.88. The van der Waals surface area contributed by atoms with Gasteiger partial charge in [0.05, 0.1) is 17.2 Å². The molecule has 0 radical (unpaired) electrons. The van der Waals surface area contributed by atoms with Crippen LogP contribution in [0.1, 0.15) is 43.8 Å². The summed E-state index contributed by atoms with van der Waals surface area (Å²) >= 11 is 8.98. The van der Waals surface area contributed by atoms with Gasteiger partial charge in [0.15, 0.2) is 0 Å². The maximum absolute atomic E-state index is 13.9. The topological polar surface area (TPSA) is 29.5 Å². The van der Waals surface area contributed by atoms with Crippen LogP contribution >= 0.6 is 27.5 Å². The van der Waals surface area contributed by atoms with Crippen molar-refractivity contribution in [3.8, 4) is 0 Å². The van der Waals surface area contributed by atoms with Gasteiger partial charge in [-0.05, 0) is 54.1 Å². The molecule has 1 fully saturated rings. The largest absolute Gasteiger partial charge is 0.388 e. The van der Waals surface area contributed by atoms with Crippen LogP contribution in [0, 0.1) is 5.82 Å². The molecule has 1 aliphatic heterocycles. The summed E-state index contributed by atoms with van der Waals surface area (Å²) in [4.78, 5) is 0. The van der Waals surface area contributed by atoms with E-state index in [1.54, 1.807) is 12.1 Å². The third-order valence-corrected chi connectivity index (χ3v) is 4.72. The fourth-order valence-electron chi connectivity index (χ4n) is 2.33. The zero-order chi connectivity index (χ0) is 13.8. The Balaban J connectivity index is 1.95. The molecule has 2 atom stereocenters. The summed E-state index contributed by atoms with van der Waals surface area (Å²) in [7, 11) is 0. The first kappa shape index (κ1) is 15.2. The van der Waals surface area contributed by atoms with Crippen molar-refractivity contribution in [2.24, 2.45) is 0 Å². The molecule has 0 bridgehead atoms. The van der Waals surface area contributed by atoms with Crippen molar-refractivity contribution in [2.75, 3.05) is 6.61 Å². The van der Waals surface area contributed by atoms with Gasteiger partial charge in [0, 0.05) is 16.6 Å². The Morgan fingerprint density at radius 3 is 2.95 bits per heavy atom. The molecule has 5 heteroatoms. The van der Waals surface area contributed by atoms with E-state index < -0.39 is 11.9 Å². The zero-order valence-corrected chi connectivity index (χ0v) is 12.9. The summed E-state index contributed by atoms with van der Waals surface area (Å²) in [5, 5.41) is 10.1. The normalized spacial score (nSPS) is 21.4. The van der Waals surface area contributed by atoms with Crippen LogP contribution < -0.4 is 0 Å². The van der Waals surface area contributed by atoms with Crippen molar-refractivity contribution in [3.63, 3.8) is 0 Å². The molecule has 106 valence electrons. The quantitative estimate of drug-likeness (QED) is 0.802. The number of hydrogen-bond acceptors (Lipinski definition) is 2. The molecule has 1 aromatic rings. The number of halogens is 3. The minimum atomic E-state index is -0.837. The monoisotopic (exact) mass is 350 g/mol. The van der Waals surface area contributed by atoms with E-state index in [9.17, 15) is 9.50 Å². The van der Waals surface area contributed by atoms with Gasteiger partial charge in [-0.15, -0.1) is 0 Å². The highest BCUT2D eigenvalue weighted by atomic mass is 79.9. The predicted molar refractivity (Wildman–Crippen MR) is 76.9 cm³/mol. The first-order chi connectivity index (χ1) is 9.09. The summed E-state index contributed by atoms with van der Waals surface area (Å²) < 4.78 is 20.0. The van der Waals surface area contributed by atoms with Gasteiger partial charge in [-0.1, -0.05) is 17.7 Å². The smallest absolute Gasteiger partial charge is 0.148 e. The Kier molecular flexibility index (Phi) is 5.63. The highest BCUT2D eigenvalue weighted by Crippen LogP contribution is 2.32. The van der Waals surface area contributed by atoms with Gasteiger partial charge >= 0.3 is 0 Å². The number of hydrogen-bond donors (Lipinski definition) is 1. The van der Waals surface area contributed by atoms with Crippen molar-refractivity contribution >= 4 is 27.5 Å². The number of rotatable bonds is 4. The molecule has 1 aliphatic rings. The Hall–Kier alpha value is -0.160. The molecule has 0 spiro atoms. The molecule has 0 amide bonds. The van der Waals surface area contributed by atoms with E-state index in [1.807, 2.05) is 0 Å². The molecule has 1 N–H and O–H groups in total. The third-order valence-electron chi connectivity index (χ3n) is 3.46. The fourth-order valence-corrected chi connectivity index (χ4v) is 2.81. The average Bonchev–Trinajstić information content (AvgIpc) is 2.43. The second kappa shape index (κ2) is 7.02. The first-order valence-corrected chi connectivity index (χ1v) is 7.69. The lowest BCUT2D eigenvalue weighted by Crippen LogP contribution is -2.19. The van der Waals surface area contributed by atoms with Gasteiger partial charge < -0.3 is 9.84 Å². The SMILES string of the molecule is OC(CCC1CCCCO1)c1ccc(Br)c(Cl)c1F. The summed E-state index contributed by atoms with van der Waals surface area (Å²) in [6, 6.07) is 3.22. The van der Waals surface area contributed by atoms with Crippen LogP contribution in [-0.2, 0) is 4.74 Å². The van der Waals surface area contributed by atoms with Gasteiger partial charge in [-0.3, -0.25) is 0 Å². The van der Waals surface area contributed by atoms with Gasteiger partial charge in [-0.25, -0.2) is 4.39 Å². The second-order valence-electron chi connectivity index (χ2n) is 4.85. The number of benzene rings is 1. The van der Waals surface area contributed by atoms with Crippen LogP contribution in [0.25, 0.3) is 0 Å². The average molecular weight is 352 g/mol. The van der Waals surface area contributed by atoms with Crippen LogP contribution in [0.4, 0.5) is 4.39 Å². The summed E-state index contributed by atoms with van der Waals surface area (Å²) in [6.45, 7) is 0.791. The second-order valence-corrected chi connectivity index (χ2v) is 6.08. The van der Waals surface area contributed by atoms with Gasteiger partial charge in [0.2, 0.25) is 0 Å². The van der Waals surface area contributed by atoms with Crippen molar-refractivity contribution in [1.29, 1.82) is 0 Å². The minimum absolute atomic E-state index is 0.0190. The third kappa shape index (κ3) is 3.91. The number of aliphatic hydroxyl groups is 1. The molecule has 0 saturated carbocycles. The Labute approximate surface area is 126 Å². The van der Waals surface area contributed by atoms with Crippen LogP contribution in [-0.4, -0.2) is 17.8 Å². The van der Waals surface area contributed by atoms with Gasteiger partial charge in [0.25, 0.3) is 0 Å². The highest BCUT2D eigenvalue weighted by Gasteiger charge is 2.20. The van der Waals surface area contributed by atoms with Gasteiger partial charge in [-0.2, -0.15) is 0 Å². The molecule has 0 aromatic heterocycles. The molecule has 19 heavy (non-hydrogen) atoms. The molecule has 1 aromatic carbocycles. The number of aliphatic hydroxyl groups excluding tert-OH is 1. The lowest BCUT2D eigenvalue weighted by atomic mass is 9.99. The van der Waals surface area contributed by atoms with E-state index in [2.05, 4.69) is 15.9 Å². The maximum Gasteiger partial charge on any atom is 0.148 e. The van der Waals surface area contributed by atoms with E-state index in [4.69, 9.17) is 16.3 Å². The Morgan fingerprint density at radius 2 is 2.26 bits per heavy atom. The molecule has 2 rings (SSSR count). The van der Waals surface area contributed by atoms with Crippen molar-refractivity contribution in [1.82, 2.24) is 0 Å². The lowest BCUT2D eigenvalue weighted by molar-refractivity contribution is 0.00190. The van der Waals surface area contributed by atoms with E-state index in [0.717, 1.165) is 25.9 Å². The molecule has 2 nitrogen and oxygen atoms in total. The van der Waals surface area contributed by atoms with Crippen LogP contribution in [0.5, 0.6) is 0 Å². The predicted octanol–water partition coefficient (Wildman–Crippen LogP) is 4.62. The van der Waals surface area contributed by atoms with Crippen LogP contribution in [0.2, 0.25) is 5.02 Å². The maximum atomic E-state index is 13.9.